The van der Waals surface area contributed by atoms with Gasteiger partial charge in [0.25, 0.3) is 0 Å². The molecule has 2 rings (SSSR count). The maximum absolute atomic E-state index is 12.5. The third-order valence-corrected chi connectivity index (χ3v) is 4.59. The van der Waals surface area contributed by atoms with Crippen molar-refractivity contribution in [1.82, 2.24) is 10.2 Å². The Labute approximate surface area is 153 Å². The summed E-state index contributed by atoms with van der Waals surface area (Å²) in [6.07, 6.45) is 1.36. The van der Waals surface area contributed by atoms with Crippen LogP contribution in [0.15, 0.2) is 30.3 Å². The van der Waals surface area contributed by atoms with Gasteiger partial charge in [0, 0.05) is 19.9 Å². The fourth-order valence-electron chi connectivity index (χ4n) is 3.22. The molecule has 7 heteroatoms. The molecular weight excluding hydrogens is 336 g/mol. The molecule has 1 aromatic carbocycles. The fraction of sp³-hybridized carbons (Fsp3) is 0.526. The van der Waals surface area contributed by atoms with Crippen LogP contribution >= 0.6 is 0 Å². The van der Waals surface area contributed by atoms with Crippen LogP contribution in [0, 0.1) is 0 Å². The normalized spacial score (nSPS) is 20.5. The average Bonchev–Trinajstić information content (AvgIpc) is 3.03. The molecule has 1 aliphatic heterocycles. The number of hydrogen-bond acceptors (Lipinski definition) is 5. The molecule has 0 bridgehead atoms. The molecule has 1 aliphatic rings. The van der Waals surface area contributed by atoms with Crippen molar-refractivity contribution in [3.05, 3.63) is 35.9 Å². The van der Waals surface area contributed by atoms with E-state index in [9.17, 15) is 19.5 Å². The number of amides is 2. The van der Waals surface area contributed by atoms with Crippen LogP contribution in [0.1, 0.15) is 31.7 Å². The number of aryl methyl sites for hydroxylation is 1. The maximum Gasteiger partial charge on any atom is 0.328 e. The van der Waals surface area contributed by atoms with Crippen molar-refractivity contribution in [2.45, 2.75) is 50.8 Å². The highest BCUT2D eigenvalue weighted by atomic mass is 16.5. The molecule has 3 atom stereocenters. The summed E-state index contributed by atoms with van der Waals surface area (Å²) in [5, 5.41) is 12.4. The highest BCUT2D eigenvalue weighted by Crippen LogP contribution is 2.19. The van der Waals surface area contributed by atoms with Crippen LogP contribution in [0.25, 0.3) is 0 Å². The van der Waals surface area contributed by atoms with Gasteiger partial charge >= 0.3 is 5.97 Å². The molecule has 1 heterocycles. The number of ether oxygens (including phenoxy) is 1. The van der Waals surface area contributed by atoms with Crippen molar-refractivity contribution in [1.29, 1.82) is 0 Å². The number of hydrogen-bond donors (Lipinski definition) is 2. The van der Waals surface area contributed by atoms with Crippen molar-refractivity contribution >= 4 is 17.8 Å². The fourth-order valence-corrected chi connectivity index (χ4v) is 3.22. The van der Waals surface area contributed by atoms with Crippen LogP contribution in [0.3, 0.4) is 0 Å². The molecule has 0 spiro atoms. The molecule has 0 radical (unpaired) electrons. The largest absolute Gasteiger partial charge is 0.467 e. The number of carbonyl (C=O) groups excluding carboxylic acids is 3. The van der Waals surface area contributed by atoms with Gasteiger partial charge < -0.3 is 20.1 Å². The lowest BCUT2D eigenvalue weighted by molar-refractivity contribution is -0.146. The van der Waals surface area contributed by atoms with E-state index in [1.807, 2.05) is 30.3 Å². The number of benzene rings is 1. The van der Waals surface area contributed by atoms with Crippen LogP contribution in [-0.2, 0) is 25.5 Å². The van der Waals surface area contributed by atoms with Gasteiger partial charge in [-0.15, -0.1) is 0 Å². The third-order valence-electron chi connectivity index (χ3n) is 4.59. The SMILES string of the molecule is COC(=O)[C@@H](CCCc1ccccc1)NC(=O)[C@@H]1C[C@@H](O)CN1C(C)=O. The van der Waals surface area contributed by atoms with Gasteiger partial charge in [0.1, 0.15) is 12.1 Å². The van der Waals surface area contributed by atoms with E-state index in [1.54, 1.807) is 0 Å². The van der Waals surface area contributed by atoms with Gasteiger partial charge in [-0.1, -0.05) is 30.3 Å². The van der Waals surface area contributed by atoms with Crippen molar-refractivity contribution in [3.63, 3.8) is 0 Å². The molecule has 26 heavy (non-hydrogen) atoms. The molecule has 142 valence electrons. The zero-order valence-electron chi connectivity index (χ0n) is 15.2. The first kappa shape index (κ1) is 19.9. The Morgan fingerprint density at radius 2 is 2.00 bits per heavy atom. The number of nitrogens with zero attached hydrogens (tertiary/aromatic N) is 1. The molecule has 2 N–H and O–H groups in total. The van der Waals surface area contributed by atoms with E-state index in [0.717, 1.165) is 12.0 Å². The first-order valence-corrected chi connectivity index (χ1v) is 8.79. The molecule has 1 aromatic rings. The van der Waals surface area contributed by atoms with E-state index in [4.69, 9.17) is 4.74 Å². The Morgan fingerprint density at radius 3 is 2.62 bits per heavy atom. The van der Waals surface area contributed by atoms with Crippen LogP contribution in [0.4, 0.5) is 0 Å². The highest BCUT2D eigenvalue weighted by Gasteiger charge is 2.38. The summed E-state index contributed by atoms with van der Waals surface area (Å²) in [5.41, 5.74) is 1.16. The summed E-state index contributed by atoms with van der Waals surface area (Å²) in [6, 6.07) is 8.34. The summed E-state index contributed by atoms with van der Waals surface area (Å²) >= 11 is 0. The lowest BCUT2D eigenvalue weighted by Crippen LogP contribution is -2.50. The van der Waals surface area contributed by atoms with Gasteiger partial charge in [-0.2, -0.15) is 0 Å². The lowest BCUT2D eigenvalue weighted by Gasteiger charge is -2.24. The summed E-state index contributed by atoms with van der Waals surface area (Å²) in [4.78, 5) is 37.5. The van der Waals surface area contributed by atoms with Crippen LogP contribution in [0.5, 0.6) is 0 Å². The molecule has 0 saturated carbocycles. The Balaban J connectivity index is 1.95. The standard InChI is InChI=1S/C19H26N2O5/c1-13(22)21-12-15(23)11-17(21)18(24)20-16(19(25)26-2)10-6-9-14-7-4-3-5-8-14/h3-5,7-8,15-17,23H,6,9-12H2,1-2H3,(H,20,24)/t15-,16-,17+/m1/s1. The zero-order valence-corrected chi connectivity index (χ0v) is 15.2. The van der Waals surface area contributed by atoms with E-state index in [-0.39, 0.29) is 18.9 Å². The minimum atomic E-state index is -0.775. The van der Waals surface area contributed by atoms with Crippen LogP contribution in [0.2, 0.25) is 0 Å². The molecule has 2 amide bonds. The number of carbonyl (C=O) groups is 3. The van der Waals surface area contributed by atoms with Crippen molar-refractivity contribution in [2.75, 3.05) is 13.7 Å². The molecule has 0 unspecified atom stereocenters. The third kappa shape index (κ3) is 5.29. The topological polar surface area (TPSA) is 95.9 Å². The zero-order chi connectivity index (χ0) is 19.1. The molecule has 1 saturated heterocycles. The maximum atomic E-state index is 12.5. The number of nitrogens with one attached hydrogen (secondary N) is 1. The molecule has 0 aromatic heterocycles. The van der Waals surface area contributed by atoms with E-state index in [2.05, 4.69) is 5.32 Å². The van der Waals surface area contributed by atoms with E-state index >= 15 is 0 Å². The van der Waals surface area contributed by atoms with E-state index in [0.29, 0.717) is 12.8 Å². The van der Waals surface area contributed by atoms with Crippen molar-refractivity contribution in [3.8, 4) is 0 Å². The van der Waals surface area contributed by atoms with Gasteiger partial charge in [-0.25, -0.2) is 4.79 Å². The number of aliphatic hydroxyl groups excluding tert-OH is 1. The second-order valence-electron chi connectivity index (χ2n) is 6.54. The number of likely N-dealkylation sites (tertiary alicyclic amines) is 1. The van der Waals surface area contributed by atoms with Crippen LogP contribution in [-0.4, -0.2) is 59.6 Å². The Kier molecular flexibility index (Phi) is 7.15. The number of rotatable bonds is 7. The van der Waals surface area contributed by atoms with E-state index in [1.165, 1.54) is 18.9 Å². The Morgan fingerprint density at radius 1 is 1.31 bits per heavy atom. The summed E-state index contributed by atoms with van der Waals surface area (Å²) in [7, 11) is 1.28. The lowest BCUT2D eigenvalue weighted by atomic mass is 10.0. The minimum Gasteiger partial charge on any atom is -0.467 e. The molecule has 7 nitrogen and oxygen atoms in total. The molecule has 1 fully saturated rings. The minimum absolute atomic E-state index is 0.129. The molecular formula is C19H26N2O5. The summed E-state index contributed by atoms with van der Waals surface area (Å²) < 4.78 is 4.79. The first-order chi connectivity index (χ1) is 12.4. The van der Waals surface area contributed by atoms with Gasteiger partial charge in [0.2, 0.25) is 11.8 Å². The van der Waals surface area contributed by atoms with Gasteiger partial charge in [-0.05, 0) is 24.8 Å². The number of methoxy groups -OCH3 is 1. The highest BCUT2D eigenvalue weighted by molar-refractivity contribution is 5.90. The number of aliphatic hydroxyl groups is 1. The smallest absolute Gasteiger partial charge is 0.328 e. The Hall–Kier alpha value is -2.41. The quantitative estimate of drug-likeness (QED) is 0.695. The Bertz CT molecular complexity index is 634. The van der Waals surface area contributed by atoms with Crippen molar-refractivity contribution in [2.24, 2.45) is 0 Å². The van der Waals surface area contributed by atoms with Crippen molar-refractivity contribution < 1.29 is 24.2 Å². The monoisotopic (exact) mass is 362 g/mol. The summed E-state index contributed by atoms with van der Waals surface area (Å²) in [6.45, 7) is 1.49. The predicted molar refractivity (Wildman–Crippen MR) is 95.1 cm³/mol. The second kappa shape index (κ2) is 9.33. The first-order valence-electron chi connectivity index (χ1n) is 8.79. The van der Waals surface area contributed by atoms with E-state index < -0.39 is 30.1 Å². The van der Waals surface area contributed by atoms with Gasteiger partial charge in [0.05, 0.1) is 13.2 Å². The number of β-amino-alcohol motifs (C(OH)–C–C–N with tert-alkyl or cyclic N) is 1. The molecule has 0 aliphatic carbocycles. The van der Waals surface area contributed by atoms with Gasteiger partial charge in [-0.3, -0.25) is 9.59 Å². The summed E-state index contributed by atoms with van der Waals surface area (Å²) in [5.74, 6) is -1.23. The predicted octanol–water partition coefficient (Wildman–Crippen LogP) is 0.649. The average molecular weight is 362 g/mol. The van der Waals surface area contributed by atoms with Gasteiger partial charge in [0.15, 0.2) is 0 Å². The number of esters is 1. The van der Waals surface area contributed by atoms with Crippen LogP contribution < -0.4 is 5.32 Å². The second-order valence-corrected chi connectivity index (χ2v) is 6.54.